The molecule has 0 aliphatic rings. The average molecular weight is 1030 g/mol. The van der Waals surface area contributed by atoms with Crippen LogP contribution in [0.5, 0.6) is 0 Å². The zero-order valence-electron chi connectivity index (χ0n) is 41.1. The van der Waals surface area contributed by atoms with Gasteiger partial charge < -0.3 is 38.7 Å². The molecule has 0 heterocycles. The van der Waals surface area contributed by atoms with Crippen LogP contribution in [0, 0.1) is 0 Å². The second-order valence-electron chi connectivity index (χ2n) is 17.5. The van der Waals surface area contributed by atoms with Crippen LogP contribution in [0.1, 0.15) is 219 Å². The van der Waals surface area contributed by atoms with Gasteiger partial charge in [0.2, 0.25) is 0 Å². The number of aliphatic carboxylic acids is 2. The molecular formula is C54H86BaO10. The van der Waals surface area contributed by atoms with E-state index in [1.165, 1.54) is 115 Å². The van der Waals surface area contributed by atoms with Gasteiger partial charge in [-0.3, -0.25) is 9.59 Å². The first-order chi connectivity index (χ1) is 31.0. The Morgan fingerprint density at radius 3 is 0.938 bits per heavy atom. The Kier molecular flexibility index (Phi) is 42.8. The molecule has 0 fully saturated rings. The molecule has 0 spiro atoms. The Morgan fingerprint density at radius 2 is 0.677 bits per heavy atom. The number of benzene rings is 2. The average Bonchev–Trinajstić information content (AvgIpc) is 3.26. The topological polar surface area (TPSA) is 151 Å². The van der Waals surface area contributed by atoms with Crippen LogP contribution in [0.2, 0.25) is 0 Å². The van der Waals surface area contributed by atoms with E-state index in [1.807, 2.05) is 12.1 Å². The van der Waals surface area contributed by atoms with Crippen LogP contribution in [0.4, 0.5) is 0 Å². The molecule has 0 aliphatic heterocycles. The minimum absolute atomic E-state index is 0. The van der Waals surface area contributed by atoms with Crippen molar-refractivity contribution < 1.29 is 48.3 Å². The Morgan fingerprint density at radius 1 is 0.415 bits per heavy atom. The van der Waals surface area contributed by atoms with Crippen LogP contribution < -0.4 is 10.2 Å². The van der Waals surface area contributed by atoms with Gasteiger partial charge in [0.25, 0.3) is 0 Å². The molecule has 0 radical (unpaired) electrons. The summed E-state index contributed by atoms with van der Waals surface area (Å²) >= 11 is 0. The van der Waals surface area contributed by atoms with Gasteiger partial charge in [-0.2, -0.15) is 0 Å². The normalized spacial score (nSPS) is 12.7. The Labute approximate surface area is 434 Å². The number of hydrogen-bond donors (Lipinski definition) is 0. The number of carboxylic acid groups (broad SMARTS) is 2. The van der Waals surface area contributed by atoms with E-state index in [0.29, 0.717) is 38.3 Å². The van der Waals surface area contributed by atoms with E-state index in [4.69, 9.17) is 18.9 Å². The Balaban J connectivity index is 0.00000124. The van der Waals surface area contributed by atoms with Crippen LogP contribution in [0.15, 0.2) is 60.7 Å². The van der Waals surface area contributed by atoms with Crippen LogP contribution >= 0.6 is 0 Å². The first-order valence-corrected chi connectivity index (χ1v) is 25.1. The van der Waals surface area contributed by atoms with Crippen molar-refractivity contribution in [3.63, 3.8) is 0 Å². The summed E-state index contributed by atoms with van der Waals surface area (Å²) in [6.07, 6.45) is 28.0. The molecule has 2 aromatic rings. The van der Waals surface area contributed by atoms with Crippen LogP contribution in [-0.2, 0) is 51.3 Å². The number of hydrogen-bond acceptors (Lipinski definition) is 10. The molecule has 4 unspecified atom stereocenters. The summed E-state index contributed by atoms with van der Waals surface area (Å²) in [6.45, 7) is 8.47. The summed E-state index contributed by atoms with van der Waals surface area (Å²) < 4.78 is 22.6. The number of rotatable bonds is 40. The Hall–Kier alpha value is -2.19. The predicted octanol–water partition coefficient (Wildman–Crippen LogP) is 11.1. The third kappa shape index (κ3) is 40.6. The fraction of sp³-hybridized carbons (Fsp3) is 0.704. The van der Waals surface area contributed by atoms with Gasteiger partial charge >= 0.3 is 60.8 Å². The van der Waals surface area contributed by atoms with Crippen LogP contribution in [0.3, 0.4) is 0 Å². The third-order valence-electron chi connectivity index (χ3n) is 11.5. The summed E-state index contributed by atoms with van der Waals surface area (Å²) in [6, 6.07) is 20.8. The van der Waals surface area contributed by atoms with Crippen molar-refractivity contribution in [3.05, 3.63) is 71.8 Å². The van der Waals surface area contributed by atoms with E-state index in [-0.39, 0.29) is 61.7 Å². The van der Waals surface area contributed by atoms with E-state index >= 15 is 0 Å². The van der Waals surface area contributed by atoms with Crippen molar-refractivity contribution >= 4 is 72.8 Å². The molecule has 2 aromatic carbocycles. The maximum Gasteiger partial charge on any atom is 2.00 e. The zero-order valence-corrected chi connectivity index (χ0v) is 45.5. The van der Waals surface area contributed by atoms with Gasteiger partial charge in [0.05, 0.1) is 25.4 Å². The van der Waals surface area contributed by atoms with Crippen LogP contribution in [-0.4, -0.2) is 97.2 Å². The zero-order chi connectivity index (χ0) is 46.9. The first kappa shape index (κ1) is 62.8. The summed E-state index contributed by atoms with van der Waals surface area (Å²) in [5, 5.41) is 21.5. The minimum Gasteiger partial charge on any atom is -0.550 e. The molecule has 0 amide bonds. The molecule has 0 bridgehead atoms. The molecule has 65 heavy (non-hydrogen) atoms. The number of carboxylic acids is 2. The molecule has 0 saturated heterocycles. The van der Waals surface area contributed by atoms with Gasteiger partial charge in [-0.1, -0.05) is 190 Å². The third-order valence-corrected chi connectivity index (χ3v) is 11.5. The van der Waals surface area contributed by atoms with E-state index in [1.54, 1.807) is 0 Å². The van der Waals surface area contributed by atoms with Crippen molar-refractivity contribution in [3.8, 4) is 0 Å². The number of ether oxygens (including phenoxy) is 4. The van der Waals surface area contributed by atoms with Gasteiger partial charge in [0, 0.05) is 38.6 Å². The minimum atomic E-state index is -1.17. The Bertz CT molecular complexity index is 1290. The maximum absolute atomic E-state index is 11.1. The molecule has 364 valence electrons. The van der Waals surface area contributed by atoms with Crippen LogP contribution in [0.25, 0.3) is 0 Å². The number of carbonyl (C=O) groups is 4. The summed E-state index contributed by atoms with van der Waals surface area (Å²) in [7, 11) is 0. The quantitative estimate of drug-likeness (QED) is 0.0358. The standard InChI is InChI=1S/2C27H44O5.Ba/c2*1-3-4-5-13-18-25(31-22-24-16-11-10-12-17-24)19-14-8-6-7-9-15-20-26(21-27(29)30)32-23(2)28;/h2*10-12,16-17,25-26H,3-9,13-15,18-22H2,1-2H3,(H,29,30);/q;;+2/p-2. The molecule has 0 aliphatic carbocycles. The number of carbonyl (C=O) groups excluding carboxylic acids is 4. The monoisotopic (exact) mass is 1030 g/mol. The van der Waals surface area contributed by atoms with Gasteiger partial charge in [0.1, 0.15) is 12.2 Å². The van der Waals surface area contributed by atoms with E-state index in [0.717, 1.165) is 64.2 Å². The van der Waals surface area contributed by atoms with Crippen molar-refractivity contribution in [2.24, 2.45) is 0 Å². The largest absolute Gasteiger partial charge is 2.00 e. The summed E-state index contributed by atoms with van der Waals surface area (Å²) in [5.74, 6) is -3.21. The van der Waals surface area contributed by atoms with Gasteiger partial charge in [-0.25, -0.2) is 0 Å². The number of esters is 2. The molecule has 11 heteroatoms. The molecule has 0 aromatic heterocycles. The van der Waals surface area contributed by atoms with Crippen molar-refractivity contribution in [2.45, 2.75) is 245 Å². The maximum atomic E-state index is 11.1. The van der Waals surface area contributed by atoms with E-state index in [9.17, 15) is 29.4 Å². The van der Waals surface area contributed by atoms with Crippen molar-refractivity contribution in [2.75, 3.05) is 0 Å². The summed E-state index contributed by atoms with van der Waals surface area (Å²) in [4.78, 5) is 43.7. The predicted molar refractivity (Wildman–Crippen MR) is 258 cm³/mol. The van der Waals surface area contributed by atoms with Crippen molar-refractivity contribution in [1.29, 1.82) is 0 Å². The smallest absolute Gasteiger partial charge is 0.550 e. The molecule has 2 rings (SSSR count). The van der Waals surface area contributed by atoms with Gasteiger partial charge in [-0.15, -0.1) is 0 Å². The van der Waals surface area contributed by atoms with Crippen molar-refractivity contribution in [1.82, 2.24) is 0 Å². The number of unbranched alkanes of at least 4 members (excludes halogenated alkanes) is 16. The van der Waals surface area contributed by atoms with E-state index in [2.05, 4.69) is 62.4 Å². The molecular weight excluding hydrogens is 946 g/mol. The molecule has 10 nitrogen and oxygen atoms in total. The fourth-order valence-corrected chi connectivity index (χ4v) is 7.94. The van der Waals surface area contributed by atoms with Gasteiger partial charge in [-0.05, 0) is 62.5 Å². The SMILES string of the molecule is CCCCCCC(CCCCCCCCC(CC(=O)[O-])OC(C)=O)OCc1ccccc1.CCCCCCC(CCCCCCCCC(CC(=O)[O-])OC(C)=O)OCc1ccccc1.[Ba+2]. The first-order valence-electron chi connectivity index (χ1n) is 25.1. The molecule has 4 atom stereocenters. The van der Waals surface area contributed by atoms with Gasteiger partial charge in [0.15, 0.2) is 0 Å². The fourth-order valence-electron chi connectivity index (χ4n) is 7.94. The van der Waals surface area contributed by atoms with E-state index < -0.39 is 36.1 Å². The second kappa shape index (κ2) is 44.3. The second-order valence-corrected chi connectivity index (χ2v) is 17.5. The molecule has 0 N–H and O–H groups in total. The molecule has 0 saturated carbocycles. The summed E-state index contributed by atoms with van der Waals surface area (Å²) in [5.41, 5.74) is 2.47.